The number of guanidine groups is 1. The first-order valence-electron chi connectivity index (χ1n) is 7.66. The molecule has 0 aliphatic carbocycles. The van der Waals surface area contributed by atoms with Gasteiger partial charge in [0.05, 0.1) is 12.2 Å². The smallest absolute Gasteiger partial charge is 0.191 e. The summed E-state index contributed by atoms with van der Waals surface area (Å²) in [6.45, 7) is 1.52. The number of rotatable bonds is 5. The molecule has 24 heavy (non-hydrogen) atoms. The lowest BCUT2D eigenvalue weighted by Gasteiger charge is -2.12. The number of hydrogen-bond donors (Lipinski definition) is 2. The van der Waals surface area contributed by atoms with Gasteiger partial charge in [-0.1, -0.05) is 30.3 Å². The van der Waals surface area contributed by atoms with Crippen molar-refractivity contribution in [2.75, 3.05) is 13.6 Å². The number of halogens is 1. The van der Waals surface area contributed by atoms with Gasteiger partial charge < -0.3 is 10.6 Å². The summed E-state index contributed by atoms with van der Waals surface area (Å²) in [5.74, 6) is 0.802. The van der Waals surface area contributed by atoms with Crippen LogP contribution in [0.15, 0.2) is 59.0 Å². The quantitative estimate of drug-likeness (QED) is 0.352. The Balaban J connectivity index is 0.00000208. The van der Waals surface area contributed by atoms with Crippen LogP contribution in [0.25, 0.3) is 10.8 Å². The lowest BCUT2D eigenvalue weighted by molar-refractivity contribution is 0.791. The molecular weight excluding hydrogens is 431 g/mol. The van der Waals surface area contributed by atoms with Gasteiger partial charge in [-0.15, -0.1) is 35.3 Å². The third-order valence-corrected chi connectivity index (χ3v) is 4.58. The Kier molecular flexibility index (Phi) is 7.45. The van der Waals surface area contributed by atoms with Crippen molar-refractivity contribution in [1.82, 2.24) is 15.6 Å². The third-order valence-electron chi connectivity index (χ3n) is 3.65. The summed E-state index contributed by atoms with van der Waals surface area (Å²) in [4.78, 5) is 10.1. The fourth-order valence-corrected chi connectivity index (χ4v) is 3.18. The maximum Gasteiger partial charge on any atom is 0.191 e. The molecular formula is C18H21IN4S. The zero-order valence-electron chi connectivity index (χ0n) is 13.5. The molecule has 0 fully saturated rings. The Bertz CT molecular complexity index is 781. The average molecular weight is 452 g/mol. The molecule has 0 atom stereocenters. The van der Waals surface area contributed by atoms with Gasteiger partial charge in [0.1, 0.15) is 0 Å². The van der Waals surface area contributed by atoms with Gasteiger partial charge in [-0.05, 0) is 29.3 Å². The predicted molar refractivity (Wildman–Crippen MR) is 113 cm³/mol. The van der Waals surface area contributed by atoms with Crippen molar-refractivity contribution in [1.29, 1.82) is 0 Å². The van der Waals surface area contributed by atoms with E-state index in [9.17, 15) is 0 Å². The SMILES string of the molecule is CN=C(NCCc1cccs1)NCc1nccc2ccccc12.I. The highest BCUT2D eigenvalue weighted by Crippen LogP contribution is 2.15. The molecule has 0 saturated heterocycles. The maximum atomic E-state index is 4.49. The molecule has 0 unspecified atom stereocenters. The summed E-state index contributed by atoms with van der Waals surface area (Å²) >= 11 is 1.78. The van der Waals surface area contributed by atoms with Crippen LogP contribution in [0, 0.1) is 0 Å². The van der Waals surface area contributed by atoms with Crippen LogP contribution in [0.2, 0.25) is 0 Å². The molecule has 2 N–H and O–H groups in total. The van der Waals surface area contributed by atoms with E-state index in [0.29, 0.717) is 6.54 Å². The molecule has 0 saturated carbocycles. The zero-order chi connectivity index (χ0) is 15.9. The molecule has 126 valence electrons. The van der Waals surface area contributed by atoms with E-state index in [1.54, 1.807) is 18.4 Å². The second-order valence-electron chi connectivity index (χ2n) is 5.16. The number of thiophene rings is 1. The number of hydrogen-bond acceptors (Lipinski definition) is 3. The number of aromatic nitrogens is 1. The Morgan fingerprint density at radius 1 is 1.12 bits per heavy atom. The van der Waals surface area contributed by atoms with Gasteiger partial charge in [0.25, 0.3) is 0 Å². The molecule has 2 aromatic heterocycles. The number of aliphatic imine (C=N–C) groups is 1. The Labute approximate surface area is 163 Å². The highest BCUT2D eigenvalue weighted by molar-refractivity contribution is 14.0. The van der Waals surface area contributed by atoms with Crippen molar-refractivity contribution in [2.45, 2.75) is 13.0 Å². The molecule has 3 aromatic rings. The van der Waals surface area contributed by atoms with Gasteiger partial charge in [-0.2, -0.15) is 0 Å². The number of fused-ring (bicyclic) bond motifs is 1. The lowest BCUT2D eigenvalue weighted by atomic mass is 10.1. The van der Waals surface area contributed by atoms with E-state index < -0.39 is 0 Å². The summed E-state index contributed by atoms with van der Waals surface area (Å²) in [7, 11) is 1.79. The molecule has 0 bridgehead atoms. The summed E-state index contributed by atoms with van der Waals surface area (Å²) in [5, 5.41) is 11.2. The van der Waals surface area contributed by atoms with E-state index in [-0.39, 0.29) is 24.0 Å². The highest BCUT2D eigenvalue weighted by atomic mass is 127. The molecule has 0 amide bonds. The van der Waals surface area contributed by atoms with Crippen molar-refractivity contribution < 1.29 is 0 Å². The van der Waals surface area contributed by atoms with Gasteiger partial charge in [0, 0.05) is 30.1 Å². The van der Waals surface area contributed by atoms with Crippen molar-refractivity contribution in [3.8, 4) is 0 Å². The molecule has 2 heterocycles. The first-order chi connectivity index (χ1) is 11.4. The Morgan fingerprint density at radius 3 is 2.79 bits per heavy atom. The van der Waals surface area contributed by atoms with Gasteiger partial charge >= 0.3 is 0 Å². The zero-order valence-corrected chi connectivity index (χ0v) is 16.7. The van der Waals surface area contributed by atoms with Gasteiger partial charge in [0.2, 0.25) is 0 Å². The molecule has 4 nitrogen and oxygen atoms in total. The number of nitrogens with one attached hydrogen (secondary N) is 2. The molecule has 6 heteroatoms. The summed E-state index contributed by atoms with van der Waals surface area (Å²) in [6.07, 6.45) is 2.86. The molecule has 0 aliphatic heterocycles. The fourth-order valence-electron chi connectivity index (χ4n) is 2.47. The standard InChI is InChI=1S/C18H20N4S.HI/c1-19-18(21-11-9-15-6-4-12-23-15)22-13-17-16-7-3-2-5-14(16)8-10-20-17;/h2-8,10,12H,9,11,13H2,1H3,(H2,19,21,22);1H. The monoisotopic (exact) mass is 452 g/mol. The van der Waals surface area contributed by atoms with Crippen LogP contribution in [0.5, 0.6) is 0 Å². The second-order valence-corrected chi connectivity index (χ2v) is 6.19. The van der Waals surface area contributed by atoms with Crippen LogP contribution in [0.4, 0.5) is 0 Å². The van der Waals surface area contributed by atoms with Gasteiger partial charge in [-0.3, -0.25) is 9.98 Å². The van der Waals surface area contributed by atoms with Crippen LogP contribution in [0.1, 0.15) is 10.6 Å². The summed E-state index contributed by atoms with van der Waals surface area (Å²) in [5.41, 5.74) is 1.03. The van der Waals surface area contributed by atoms with E-state index in [4.69, 9.17) is 0 Å². The van der Waals surface area contributed by atoms with E-state index in [1.807, 2.05) is 24.4 Å². The summed E-state index contributed by atoms with van der Waals surface area (Å²) in [6, 6.07) is 14.6. The first kappa shape index (κ1) is 18.7. The maximum absolute atomic E-state index is 4.49. The minimum atomic E-state index is 0. The predicted octanol–water partition coefficient (Wildman–Crippen LogP) is 3.82. The number of benzene rings is 1. The highest BCUT2D eigenvalue weighted by Gasteiger charge is 2.03. The lowest BCUT2D eigenvalue weighted by Crippen LogP contribution is -2.38. The van der Waals surface area contributed by atoms with Crippen molar-refractivity contribution in [3.05, 3.63) is 64.6 Å². The second kappa shape index (κ2) is 9.58. The van der Waals surface area contributed by atoms with Crippen LogP contribution < -0.4 is 10.6 Å². The van der Waals surface area contributed by atoms with E-state index in [1.165, 1.54) is 15.6 Å². The minimum Gasteiger partial charge on any atom is -0.356 e. The molecule has 0 radical (unpaired) electrons. The minimum absolute atomic E-state index is 0. The van der Waals surface area contributed by atoms with Crippen molar-refractivity contribution >= 4 is 52.0 Å². The Hall–Kier alpha value is -1.67. The summed E-state index contributed by atoms with van der Waals surface area (Å²) < 4.78 is 0. The number of nitrogens with zero attached hydrogens (tertiary/aromatic N) is 2. The van der Waals surface area contributed by atoms with Crippen LogP contribution in [-0.2, 0) is 13.0 Å². The van der Waals surface area contributed by atoms with Gasteiger partial charge in [0.15, 0.2) is 5.96 Å². The molecule has 0 spiro atoms. The Morgan fingerprint density at radius 2 is 2.00 bits per heavy atom. The molecule has 1 aromatic carbocycles. The van der Waals surface area contributed by atoms with Gasteiger partial charge in [-0.25, -0.2) is 0 Å². The normalized spacial score (nSPS) is 11.1. The van der Waals surface area contributed by atoms with E-state index >= 15 is 0 Å². The molecule has 3 rings (SSSR count). The van der Waals surface area contributed by atoms with E-state index in [0.717, 1.165) is 24.6 Å². The van der Waals surface area contributed by atoms with Crippen LogP contribution in [0.3, 0.4) is 0 Å². The van der Waals surface area contributed by atoms with Crippen molar-refractivity contribution in [3.63, 3.8) is 0 Å². The van der Waals surface area contributed by atoms with Crippen LogP contribution in [-0.4, -0.2) is 24.5 Å². The third kappa shape index (κ3) is 4.91. The largest absolute Gasteiger partial charge is 0.356 e. The fraction of sp³-hybridized carbons (Fsp3) is 0.222. The van der Waals surface area contributed by atoms with Crippen molar-refractivity contribution in [2.24, 2.45) is 4.99 Å². The average Bonchev–Trinajstić information content (AvgIpc) is 3.11. The molecule has 0 aliphatic rings. The van der Waals surface area contributed by atoms with Crippen LogP contribution >= 0.6 is 35.3 Å². The topological polar surface area (TPSA) is 49.3 Å². The first-order valence-corrected chi connectivity index (χ1v) is 8.54. The number of pyridine rings is 1. The van der Waals surface area contributed by atoms with E-state index in [2.05, 4.69) is 50.3 Å².